The Kier molecular flexibility index (Phi) is 4.19. The maximum absolute atomic E-state index is 3.79. The first-order valence-electron chi connectivity index (χ1n) is 7.92. The number of nitrogens with one attached hydrogen (secondary N) is 1. The molecule has 0 spiro atoms. The van der Waals surface area contributed by atoms with Gasteiger partial charge in [-0.05, 0) is 31.2 Å². The van der Waals surface area contributed by atoms with E-state index in [-0.39, 0.29) is 0 Å². The molecular formula is C17H26N2. The Morgan fingerprint density at radius 1 is 1.16 bits per heavy atom. The minimum atomic E-state index is 0.618. The number of hydrogen-bond acceptors (Lipinski definition) is 2. The van der Waals surface area contributed by atoms with Crippen LogP contribution in [0.15, 0.2) is 30.3 Å². The average Bonchev–Trinajstić information content (AvgIpc) is 2.77. The Balaban J connectivity index is 1.76. The number of likely N-dealkylation sites (tertiary alicyclic amines) is 1. The molecule has 2 nitrogen and oxygen atoms in total. The summed E-state index contributed by atoms with van der Waals surface area (Å²) in [4.78, 5) is 2.73. The highest BCUT2D eigenvalue weighted by Gasteiger charge is 2.32. The number of fused-ring (bicyclic) bond motifs is 2. The molecule has 1 N–H and O–H groups in total. The Hall–Kier alpha value is -0.860. The van der Waals surface area contributed by atoms with Gasteiger partial charge < -0.3 is 5.32 Å². The van der Waals surface area contributed by atoms with Gasteiger partial charge in [0, 0.05) is 31.2 Å². The molecule has 2 saturated heterocycles. The second-order valence-corrected chi connectivity index (χ2v) is 6.14. The lowest BCUT2D eigenvalue weighted by atomic mass is 9.98. The molecule has 1 aromatic rings. The van der Waals surface area contributed by atoms with Gasteiger partial charge in [-0.2, -0.15) is 0 Å². The zero-order valence-electron chi connectivity index (χ0n) is 12.0. The molecule has 0 aliphatic carbocycles. The molecule has 2 aliphatic heterocycles. The molecule has 0 saturated carbocycles. The SMILES string of the molecule is CCCC(c1ccccc1)N1CCC2CCC(C1)N2. The van der Waals surface area contributed by atoms with E-state index in [4.69, 9.17) is 0 Å². The quantitative estimate of drug-likeness (QED) is 0.891. The normalized spacial score (nSPS) is 29.1. The third-order valence-corrected chi connectivity index (χ3v) is 4.74. The van der Waals surface area contributed by atoms with Gasteiger partial charge in [0.1, 0.15) is 0 Å². The van der Waals surface area contributed by atoms with E-state index in [1.54, 1.807) is 0 Å². The minimum Gasteiger partial charge on any atom is -0.310 e. The molecule has 2 heterocycles. The fourth-order valence-corrected chi connectivity index (χ4v) is 3.76. The summed E-state index contributed by atoms with van der Waals surface area (Å²) < 4.78 is 0. The van der Waals surface area contributed by atoms with Crippen LogP contribution in [0, 0.1) is 0 Å². The van der Waals surface area contributed by atoms with Crippen molar-refractivity contribution in [2.24, 2.45) is 0 Å². The van der Waals surface area contributed by atoms with Crippen molar-refractivity contribution in [2.75, 3.05) is 13.1 Å². The van der Waals surface area contributed by atoms with Crippen LogP contribution in [0.5, 0.6) is 0 Å². The number of hydrogen-bond donors (Lipinski definition) is 1. The van der Waals surface area contributed by atoms with Gasteiger partial charge in [0.2, 0.25) is 0 Å². The molecule has 3 rings (SSSR count). The van der Waals surface area contributed by atoms with Gasteiger partial charge in [0.05, 0.1) is 0 Å². The van der Waals surface area contributed by atoms with E-state index in [1.165, 1.54) is 50.8 Å². The first-order chi connectivity index (χ1) is 9.36. The molecule has 0 radical (unpaired) electrons. The molecule has 3 unspecified atom stereocenters. The highest BCUT2D eigenvalue weighted by Crippen LogP contribution is 2.30. The smallest absolute Gasteiger partial charge is 0.0348 e. The van der Waals surface area contributed by atoms with Crippen molar-refractivity contribution in [1.82, 2.24) is 10.2 Å². The number of rotatable bonds is 4. The number of nitrogens with zero attached hydrogens (tertiary/aromatic N) is 1. The van der Waals surface area contributed by atoms with Gasteiger partial charge in [-0.25, -0.2) is 0 Å². The van der Waals surface area contributed by atoms with Crippen LogP contribution in [0.25, 0.3) is 0 Å². The van der Waals surface area contributed by atoms with Crippen LogP contribution in [0.2, 0.25) is 0 Å². The van der Waals surface area contributed by atoms with E-state index in [0.29, 0.717) is 6.04 Å². The first kappa shape index (κ1) is 13.1. The van der Waals surface area contributed by atoms with E-state index in [9.17, 15) is 0 Å². The van der Waals surface area contributed by atoms with E-state index in [0.717, 1.165) is 12.1 Å². The summed E-state index contributed by atoms with van der Waals surface area (Å²) in [6, 6.07) is 13.2. The molecule has 1 aromatic carbocycles. The summed E-state index contributed by atoms with van der Waals surface area (Å²) in [7, 11) is 0. The molecule has 2 heteroatoms. The van der Waals surface area contributed by atoms with Crippen LogP contribution in [-0.4, -0.2) is 30.1 Å². The van der Waals surface area contributed by atoms with Crippen molar-refractivity contribution in [3.8, 4) is 0 Å². The molecule has 3 atom stereocenters. The summed E-state index contributed by atoms with van der Waals surface area (Å²) in [5, 5.41) is 3.79. The lowest BCUT2D eigenvalue weighted by molar-refractivity contribution is 0.177. The maximum atomic E-state index is 3.79. The second-order valence-electron chi connectivity index (χ2n) is 6.14. The minimum absolute atomic E-state index is 0.618. The summed E-state index contributed by atoms with van der Waals surface area (Å²) >= 11 is 0. The predicted octanol–water partition coefficient (Wildman–Crippen LogP) is 3.35. The molecule has 19 heavy (non-hydrogen) atoms. The van der Waals surface area contributed by atoms with Crippen LogP contribution in [-0.2, 0) is 0 Å². The zero-order chi connectivity index (χ0) is 13.1. The largest absolute Gasteiger partial charge is 0.310 e. The van der Waals surface area contributed by atoms with Crippen molar-refractivity contribution in [3.05, 3.63) is 35.9 Å². The summed E-state index contributed by atoms with van der Waals surface area (Å²) in [6.45, 7) is 4.79. The predicted molar refractivity (Wildman–Crippen MR) is 80.2 cm³/mol. The molecule has 0 amide bonds. The van der Waals surface area contributed by atoms with E-state index >= 15 is 0 Å². The van der Waals surface area contributed by atoms with Crippen molar-refractivity contribution >= 4 is 0 Å². The Labute approximate surface area is 117 Å². The maximum Gasteiger partial charge on any atom is 0.0348 e. The Bertz CT molecular complexity index is 390. The topological polar surface area (TPSA) is 15.3 Å². The summed E-state index contributed by atoms with van der Waals surface area (Å²) in [5.41, 5.74) is 1.50. The summed E-state index contributed by atoms with van der Waals surface area (Å²) in [6.07, 6.45) is 6.62. The van der Waals surface area contributed by atoms with Crippen LogP contribution in [0.1, 0.15) is 50.6 Å². The molecule has 2 fully saturated rings. The fourth-order valence-electron chi connectivity index (χ4n) is 3.76. The monoisotopic (exact) mass is 258 g/mol. The lowest BCUT2D eigenvalue weighted by Crippen LogP contribution is -2.37. The van der Waals surface area contributed by atoms with Gasteiger partial charge >= 0.3 is 0 Å². The highest BCUT2D eigenvalue weighted by atomic mass is 15.2. The number of benzene rings is 1. The third-order valence-electron chi connectivity index (χ3n) is 4.74. The van der Waals surface area contributed by atoms with Crippen molar-refractivity contribution in [1.29, 1.82) is 0 Å². The molecule has 2 bridgehead atoms. The third kappa shape index (κ3) is 3.01. The fraction of sp³-hybridized carbons (Fsp3) is 0.647. The lowest BCUT2D eigenvalue weighted by Gasteiger charge is -2.33. The molecule has 2 aliphatic rings. The average molecular weight is 258 g/mol. The van der Waals surface area contributed by atoms with E-state index < -0.39 is 0 Å². The van der Waals surface area contributed by atoms with Gasteiger partial charge in [0.25, 0.3) is 0 Å². The molecule has 104 valence electrons. The highest BCUT2D eigenvalue weighted by molar-refractivity contribution is 5.19. The van der Waals surface area contributed by atoms with Crippen molar-refractivity contribution in [2.45, 2.75) is 57.2 Å². The van der Waals surface area contributed by atoms with Gasteiger partial charge in [0.15, 0.2) is 0 Å². The summed E-state index contributed by atoms with van der Waals surface area (Å²) in [5.74, 6) is 0. The van der Waals surface area contributed by atoms with E-state index in [1.807, 2.05) is 0 Å². The van der Waals surface area contributed by atoms with Crippen LogP contribution >= 0.6 is 0 Å². The Morgan fingerprint density at radius 3 is 2.74 bits per heavy atom. The van der Waals surface area contributed by atoms with E-state index in [2.05, 4.69) is 47.5 Å². The van der Waals surface area contributed by atoms with Crippen molar-refractivity contribution in [3.63, 3.8) is 0 Å². The first-order valence-corrected chi connectivity index (χ1v) is 7.92. The van der Waals surface area contributed by atoms with Gasteiger partial charge in [-0.3, -0.25) is 4.90 Å². The second kappa shape index (κ2) is 6.06. The van der Waals surface area contributed by atoms with Crippen LogP contribution in [0.4, 0.5) is 0 Å². The van der Waals surface area contributed by atoms with Gasteiger partial charge in [-0.1, -0.05) is 43.7 Å². The Morgan fingerprint density at radius 2 is 1.95 bits per heavy atom. The van der Waals surface area contributed by atoms with Crippen molar-refractivity contribution < 1.29 is 0 Å². The molecule has 0 aromatic heterocycles. The molecular weight excluding hydrogens is 232 g/mol. The van der Waals surface area contributed by atoms with Crippen LogP contribution in [0.3, 0.4) is 0 Å². The van der Waals surface area contributed by atoms with Crippen LogP contribution < -0.4 is 5.32 Å². The van der Waals surface area contributed by atoms with Gasteiger partial charge in [-0.15, -0.1) is 0 Å². The standard InChI is InChI=1S/C17H26N2/c1-2-6-17(14-7-4-3-5-8-14)19-12-11-15-9-10-16(13-19)18-15/h3-5,7-8,15-18H,2,6,9-13H2,1H3. The zero-order valence-corrected chi connectivity index (χ0v) is 12.0.